The standard InChI is InChI=1S/C19H19N3O2S2/c20-18-21-14-3-1-2-13(15(14)26-18)17(23)22-8-6-19(7-9-22)16-12(4-10-24-19)5-11-25-16/h1-3,5,11H,4,6-10H2,(H2,20,21). The molecule has 2 aliphatic heterocycles. The molecule has 134 valence electrons. The molecule has 4 heterocycles. The Labute approximate surface area is 159 Å². The topological polar surface area (TPSA) is 68.5 Å². The second kappa shape index (κ2) is 6.04. The van der Waals surface area contributed by atoms with Gasteiger partial charge in [-0.15, -0.1) is 11.3 Å². The van der Waals surface area contributed by atoms with Crippen LogP contribution in [0.5, 0.6) is 0 Å². The molecule has 5 rings (SSSR count). The number of likely N-dealkylation sites (tertiary alicyclic amines) is 1. The van der Waals surface area contributed by atoms with Crippen molar-refractivity contribution in [1.82, 2.24) is 9.88 Å². The third-order valence-corrected chi connectivity index (χ3v) is 7.51. The van der Waals surface area contributed by atoms with Gasteiger partial charge in [0.2, 0.25) is 0 Å². The molecule has 0 saturated carbocycles. The molecule has 1 fully saturated rings. The van der Waals surface area contributed by atoms with Crippen LogP contribution in [0.25, 0.3) is 10.2 Å². The highest BCUT2D eigenvalue weighted by molar-refractivity contribution is 7.22. The fourth-order valence-corrected chi connectivity index (χ4v) is 6.11. The summed E-state index contributed by atoms with van der Waals surface area (Å²) in [5.41, 5.74) is 8.56. The zero-order chi connectivity index (χ0) is 17.7. The van der Waals surface area contributed by atoms with Gasteiger partial charge in [-0.05, 0) is 48.4 Å². The van der Waals surface area contributed by atoms with Gasteiger partial charge in [-0.3, -0.25) is 4.79 Å². The smallest absolute Gasteiger partial charge is 0.255 e. The van der Waals surface area contributed by atoms with Crippen molar-refractivity contribution in [3.8, 4) is 0 Å². The van der Waals surface area contributed by atoms with Crippen LogP contribution < -0.4 is 5.73 Å². The number of hydrogen-bond donors (Lipinski definition) is 1. The molecule has 3 aromatic rings. The van der Waals surface area contributed by atoms with E-state index in [1.54, 1.807) is 11.3 Å². The fourth-order valence-electron chi connectivity index (χ4n) is 4.10. The van der Waals surface area contributed by atoms with Crippen LogP contribution >= 0.6 is 22.7 Å². The van der Waals surface area contributed by atoms with Gasteiger partial charge in [0, 0.05) is 18.0 Å². The van der Waals surface area contributed by atoms with Gasteiger partial charge in [0.15, 0.2) is 5.13 Å². The van der Waals surface area contributed by atoms with Crippen LogP contribution in [0.1, 0.15) is 33.6 Å². The van der Waals surface area contributed by atoms with E-state index in [9.17, 15) is 4.79 Å². The van der Waals surface area contributed by atoms with E-state index in [2.05, 4.69) is 16.4 Å². The van der Waals surface area contributed by atoms with Crippen molar-refractivity contribution < 1.29 is 9.53 Å². The lowest BCUT2D eigenvalue weighted by molar-refractivity contribution is -0.0906. The van der Waals surface area contributed by atoms with Crippen molar-refractivity contribution in [2.24, 2.45) is 0 Å². The fraction of sp³-hybridized carbons (Fsp3) is 0.368. The molecule has 0 aliphatic carbocycles. The summed E-state index contributed by atoms with van der Waals surface area (Å²) in [6.45, 7) is 2.19. The van der Waals surface area contributed by atoms with E-state index < -0.39 is 0 Å². The molecule has 0 atom stereocenters. The number of aromatic nitrogens is 1. The maximum absolute atomic E-state index is 13.1. The van der Waals surface area contributed by atoms with Crippen molar-refractivity contribution in [1.29, 1.82) is 0 Å². The van der Waals surface area contributed by atoms with Crippen LogP contribution in [-0.4, -0.2) is 35.5 Å². The molecule has 0 unspecified atom stereocenters. The summed E-state index contributed by atoms with van der Waals surface area (Å²) in [7, 11) is 0. The number of hydrogen-bond acceptors (Lipinski definition) is 6. The van der Waals surface area contributed by atoms with Crippen molar-refractivity contribution in [3.63, 3.8) is 0 Å². The van der Waals surface area contributed by atoms with Crippen molar-refractivity contribution in [2.75, 3.05) is 25.4 Å². The minimum absolute atomic E-state index is 0.0660. The molecule has 0 radical (unpaired) electrons. The van der Waals surface area contributed by atoms with Gasteiger partial charge in [0.05, 0.1) is 22.4 Å². The first-order chi connectivity index (χ1) is 12.7. The number of fused-ring (bicyclic) bond motifs is 3. The van der Waals surface area contributed by atoms with Gasteiger partial charge in [0.1, 0.15) is 5.60 Å². The van der Waals surface area contributed by atoms with Crippen molar-refractivity contribution in [3.05, 3.63) is 45.6 Å². The molecule has 1 saturated heterocycles. The Morgan fingerprint density at radius 2 is 2.12 bits per heavy atom. The van der Waals surface area contributed by atoms with Crippen LogP contribution in [0, 0.1) is 0 Å². The third-order valence-electron chi connectivity index (χ3n) is 5.43. The Hall–Kier alpha value is -1.96. The van der Waals surface area contributed by atoms with Crippen molar-refractivity contribution in [2.45, 2.75) is 24.9 Å². The molecular formula is C19H19N3O2S2. The summed E-state index contributed by atoms with van der Waals surface area (Å²) < 4.78 is 7.13. The van der Waals surface area contributed by atoms with E-state index in [1.165, 1.54) is 21.8 Å². The molecule has 2 N–H and O–H groups in total. The number of carbonyl (C=O) groups excluding carboxylic acids is 1. The Kier molecular flexibility index (Phi) is 3.77. The van der Waals surface area contributed by atoms with Crippen LogP contribution in [0.2, 0.25) is 0 Å². The zero-order valence-corrected chi connectivity index (χ0v) is 15.9. The van der Waals surface area contributed by atoms with E-state index in [4.69, 9.17) is 10.5 Å². The molecule has 1 amide bonds. The second-order valence-corrected chi connectivity index (χ2v) is 8.81. The number of nitrogens with two attached hydrogens (primary N) is 1. The molecule has 2 aromatic heterocycles. The predicted octanol–water partition coefficient (Wildman–Crippen LogP) is 3.64. The maximum Gasteiger partial charge on any atom is 0.255 e. The van der Waals surface area contributed by atoms with Gasteiger partial charge >= 0.3 is 0 Å². The minimum Gasteiger partial charge on any atom is -0.375 e. The highest BCUT2D eigenvalue weighted by Gasteiger charge is 2.42. The lowest BCUT2D eigenvalue weighted by Gasteiger charge is -2.43. The minimum atomic E-state index is -0.195. The number of ether oxygens (including phenoxy) is 1. The third kappa shape index (κ3) is 2.46. The number of carbonyl (C=O) groups is 1. The normalized spacial score (nSPS) is 19.0. The quantitative estimate of drug-likeness (QED) is 0.694. The summed E-state index contributed by atoms with van der Waals surface area (Å²) in [6.07, 6.45) is 2.71. The van der Waals surface area contributed by atoms with E-state index in [-0.39, 0.29) is 11.5 Å². The number of anilines is 1. The Morgan fingerprint density at radius 1 is 1.27 bits per heavy atom. The average molecular weight is 386 g/mol. The van der Waals surface area contributed by atoms with Gasteiger partial charge < -0.3 is 15.4 Å². The molecule has 0 bridgehead atoms. The first-order valence-corrected chi connectivity index (χ1v) is 10.5. The lowest BCUT2D eigenvalue weighted by Crippen LogP contribution is -2.47. The number of nitrogen functional groups attached to an aromatic ring is 1. The summed E-state index contributed by atoms with van der Waals surface area (Å²) in [6, 6.07) is 7.87. The van der Waals surface area contributed by atoms with Gasteiger partial charge in [-0.1, -0.05) is 17.4 Å². The molecule has 2 aliphatic rings. The number of thiazole rings is 1. The Morgan fingerprint density at radius 3 is 2.96 bits per heavy atom. The van der Waals surface area contributed by atoms with Crippen LogP contribution in [0.15, 0.2) is 29.6 Å². The SMILES string of the molecule is Nc1nc2cccc(C(=O)N3CCC4(CC3)OCCc3ccsc34)c2s1. The Balaban J connectivity index is 1.40. The monoisotopic (exact) mass is 385 g/mol. The summed E-state index contributed by atoms with van der Waals surface area (Å²) in [5, 5.41) is 2.66. The van der Waals surface area contributed by atoms with Gasteiger partial charge in [-0.25, -0.2) is 4.98 Å². The van der Waals surface area contributed by atoms with Gasteiger partial charge in [-0.2, -0.15) is 0 Å². The number of amides is 1. The predicted molar refractivity (Wildman–Crippen MR) is 105 cm³/mol. The molecular weight excluding hydrogens is 366 g/mol. The molecule has 26 heavy (non-hydrogen) atoms. The number of nitrogens with zero attached hydrogens (tertiary/aromatic N) is 2. The first kappa shape index (κ1) is 16.2. The second-order valence-electron chi connectivity index (χ2n) is 6.87. The summed E-state index contributed by atoms with van der Waals surface area (Å²) >= 11 is 3.17. The highest BCUT2D eigenvalue weighted by Crippen LogP contribution is 2.44. The first-order valence-electron chi connectivity index (χ1n) is 8.81. The summed E-state index contributed by atoms with van der Waals surface area (Å²) in [5.74, 6) is 0.0660. The Bertz CT molecular complexity index is 986. The lowest BCUT2D eigenvalue weighted by atomic mass is 9.85. The maximum atomic E-state index is 13.1. The molecule has 1 aromatic carbocycles. The number of benzene rings is 1. The molecule has 1 spiro atoms. The van der Waals surface area contributed by atoms with Gasteiger partial charge in [0.25, 0.3) is 5.91 Å². The van der Waals surface area contributed by atoms with E-state index >= 15 is 0 Å². The van der Waals surface area contributed by atoms with Crippen LogP contribution in [-0.2, 0) is 16.8 Å². The molecule has 7 heteroatoms. The number of piperidine rings is 1. The van der Waals surface area contributed by atoms with E-state index in [1.807, 2.05) is 23.1 Å². The number of thiophene rings is 1. The van der Waals surface area contributed by atoms with E-state index in [0.717, 1.165) is 36.1 Å². The average Bonchev–Trinajstić information content (AvgIpc) is 3.28. The highest BCUT2D eigenvalue weighted by atomic mass is 32.1. The van der Waals surface area contributed by atoms with Crippen LogP contribution in [0.3, 0.4) is 0 Å². The zero-order valence-electron chi connectivity index (χ0n) is 14.2. The summed E-state index contributed by atoms with van der Waals surface area (Å²) in [4.78, 5) is 20.7. The number of rotatable bonds is 1. The van der Waals surface area contributed by atoms with Crippen molar-refractivity contribution >= 4 is 43.9 Å². The van der Waals surface area contributed by atoms with E-state index in [0.29, 0.717) is 23.8 Å². The molecule has 5 nitrogen and oxygen atoms in total. The van der Waals surface area contributed by atoms with Crippen LogP contribution in [0.4, 0.5) is 5.13 Å². The largest absolute Gasteiger partial charge is 0.375 e.